The van der Waals surface area contributed by atoms with Crippen LogP contribution in [0.2, 0.25) is 0 Å². The quantitative estimate of drug-likeness (QED) is 0.759. The first-order chi connectivity index (χ1) is 9.11. The Hall–Kier alpha value is -2.24. The molecule has 6 nitrogen and oxygen atoms in total. The third kappa shape index (κ3) is 2.96. The summed E-state index contributed by atoms with van der Waals surface area (Å²) in [6.45, 7) is 1.76. The zero-order valence-corrected chi connectivity index (χ0v) is 10.8. The lowest BCUT2D eigenvalue weighted by atomic mass is 10.2. The van der Waals surface area contributed by atoms with Crippen LogP contribution in [0, 0.1) is 0 Å². The standard InChI is InChI=1S/C13H15NO5/c1-9(15)18-6-5-14-11-7-10(17-2)3-4-12(11)19-8-13(14)16/h3-4,7H,5-6,8H2,1-2H3. The summed E-state index contributed by atoms with van der Waals surface area (Å²) in [4.78, 5) is 24.1. The Bertz CT molecular complexity index is 500. The van der Waals surface area contributed by atoms with Crippen LogP contribution in [0.3, 0.4) is 0 Å². The lowest BCUT2D eigenvalue weighted by molar-refractivity contribution is -0.141. The van der Waals surface area contributed by atoms with Gasteiger partial charge in [-0.05, 0) is 12.1 Å². The Kier molecular flexibility index (Phi) is 3.89. The summed E-state index contributed by atoms with van der Waals surface area (Å²) in [5, 5.41) is 0. The van der Waals surface area contributed by atoms with Crippen LogP contribution in [0.25, 0.3) is 0 Å². The van der Waals surface area contributed by atoms with E-state index >= 15 is 0 Å². The van der Waals surface area contributed by atoms with E-state index in [-0.39, 0.29) is 25.1 Å². The van der Waals surface area contributed by atoms with E-state index in [0.717, 1.165) is 0 Å². The molecule has 0 spiro atoms. The molecule has 0 bridgehead atoms. The first-order valence-corrected chi connectivity index (χ1v) is 5.86. The number of fused-ring (bicyclic) bond motifs is 1. The molecule has 0 N–H and O–H groups in total. The molecule has 1 aromatic carbocycles. The van der Waals surface area contributed by atoms with Crippen LogP contribution in [0.4, 0.5) is 5.69 Å². The van der Waals surface area contributed by atoms with E-state index in [0.29, 0.717) is 23.7 Å². The van der Waals surface area contributed by atoms with Gasteiger partial charge in [-0.3, -0.25) is 9.59 Å². The number of benzene rings is 1. The van der Waals surface area contributed by atoms with E-state index in [4.69, 9.17) is 14.2 Å². The van der Waals surface area contributed by atoms with Gasteiger partial charge < -0.3 is 19.1 Å². The van der Waals surface area contributed by atoms with Gasteiger partial charge in [0.15, 0.2) is 6.61 Å². The lowest BCUT2D eigenvalue weighted by Crippen LogP contribution is -2.41. The van der Waals surface area contributed by atoms with Crippen molar-refractivity contribution in [3.05, 3.63) is 18.2 Å². The third-order valence-electron chi connectivity index (χ3n) is 2.73. The molecule has 0 aromatic heterocycles. The van der Waals surface area contributed by atoms with Crippen molar-refractivity contribution in [2.75, 3.05) is 31.8 Å². The van der Waals surface area contributed by atoms with Crippen molar-refractivity contribution in [3.8, 4) is 11.5 Å². The summed E-state index contributed by atoms with van der Waals surface area (Å²) in [5.74, 6) is 0.706. The molecule has 1 heterocycles. The summed E-state index contributed by atoms with van der Waals surface area (Å²) in [6.07, 6.45) is 0. The molecule has 6 heteroatoms. The molecule has 19 heavy (non-hydrogen) atoms. The van der Waals surface area contributed by atoms with E-state index in [2.05, 4.69) is 0 Å². The van der Waals surface area contributed by atoms with Gasteiger partial charge in [-0.2, -0.15) is 0 Å². The van der Waals surface area contributed by atoms with Gasteiger partial charge in [0, 0.05) is 13.0 Å². The predicted octanol–water partition coefficient (Wildman–Crippen LogP) is 0.984. The van der Waals surface area contributed by atoms with Crippen LogP contribution >= 0.6 is 0 Å². The minimum Gasteiger partial charge on any atom is -0.497 e. The minimum absolute atomic E-state index is 0.0145. The van der Waals surface area contributed by atoms with E-state index < -0.39 is 0 Å². The van der Waals surface area contributed by atoms with Crippen LogP contribution < -0.4 is 14.4 Å². The van der Waals surface area contributed by atoms with Gasteiger partial charge in [-0.15, -0.1) is 0 Å². The summed E-state index contributed by atoms with van der Waals surface area (Å²) < 4.78 is 15.3. The van der Waals surface area contributed by atoms with Gasteiger partial charge in [0.05, 0.1) is 19.3 Å². The number of esters is 1. The number of ether oxygens (including phenoxy) is 3. The number of anilines is 1. The zero-order valence-electron chi connectivity index (χ0n) is 10.8. The summed E-state index contributed by atoms with van der Waals surface area (Å²) in [7, 11) is 1.55. The summed E-state index contributed by atoms with van der Waals surface area (Å²) in [5.41, 5.74) is 0.628. The lowest BCUT2D eigenvalue weighted by Gasteiger charge is -2.29. The SMILES string of the molecule is COc1ccc2c(c1)N(CCOC(C)=O)C(=O)CO2. The average Bonchev–Trinajstić information content (AvgIpc) is 2.40. The Morgan fingerprint density at radius 3 is 2.95 bits per heavy atom. The predicted molar refractivity (Wildman–Crippen MR) is 67.5 cm³/mol. The molecule has 0 saturated heterocycles. The highest BCUT2D eigenvalue weighted by Gasteiger charge is 2.25. The van der Waals surface area contributed by atoms with Crippen molar-refractivity contribution in [3.63, 3.8) is 0 Å². The second-order valence-corrected chi connectivity index (χ2v) is 4.01. The van der Waals surface area contributed by atoms with Crippen molar-refractivity contribution >= 4 is 17.6 Å². The van der Waals surface area contributed by atoms with Crippen LogP contribution in [0.15, 0.2) is 18.2 Å². The number of amides is 1. The fourth-order valence-electron chi connectivity index (χ4n) is 1.83. The number of methoxy groups -OCH3 is 1. The molecule has 1 amide bonds. The van der Waals surface area contributed by atoms with Gasteiger partial charge in [0.2, 0.25) is 0 Å². The number of nitrogens with zero attached hydrogens (tertiary/aromatic N) is 1. The third-order valence-corrected chi connectivity index (χ3v) is 2.73. The van der Waals surface area contributed by atoms with E-state index in [1.54, 1.807) is 25.3 Å². The summed E-state index contributed by atoms with van der Waals surface area (Å²) in [6, 6.07) is 5.23. The number of hydrogen-bond acceptors (Lipinski definition) is 5. The molecule has 1 aliphatic rings. The molecular weight excluding hydrogens is 250 g/mol. The van der Waals surface area contributed by atoms with Crippen LogP contribution in [-0.2, 0) is 14.3 Å². The molecular formula is C13H15NO5. The second kappa shape index (κ2) is 5.60. The highest BCUT2D eigenvalue weighted by atomic mass is 16.5. The molecule has 1 aliphatic heterocycles. The van der Waals surface area contributed by atoms with E-state index in [1.165, 1.54) is 11.8 Å². The van der Waals surface area contributed by atoms with Crippen LogP contribution in [0.1, 0.15) is 6.92 Å². The maximum atomic E-state index is 11.9. The molecule has 0 aliphatic carbocycles. The largest absolute Gasteiger partial charge is 0.497 e. The van der Waals surface area contributed by atoms with Crippen LogP contribution in [-0.4, -0.2) is 38.7 Å². The van der Waals surface area contributed by atoms with Gasteiger partial charge in [-0.25, -0.2) is 0 Å². The summed E-state index contributed by atoms with van der Waals surface area (Å²) >= 11 is 0. The van der Waals surface area contributed by atoms with Crippen LogP contribution in [0.5, 0.6) is 11.5 Å². The molecule has 102 valence electrons. The van der Waals surface area contributed by atoms with Crippen molar-refractivity contribution in [1.29, 1.82) is 0 Å². The molecule has 0 saturated carbocycles. The number of rotatable bonds is 4. The normalized spacial score (nSPS) is 13.6. The maximum Gasteiger partial charge on any atom is 0.302 e. The fourth-order valence-corrected chi connectivity index (χ4v) is 1.83. The topological polar surface area (TPSA) is 65.1 Å². The first kappa shape index (κ1) is 13.2. The Labute approximate surface area is 110 Å². The Morgan fingerprint density at radius 1 is 1.47 bits per heavy atom. The Balaban J connectivity index is 2.18. The van der Waals surface area contributed by atoms with E-state index in [9.17, 15) is 9.59 Å². The number of hydrogen-bond donors (Lipinski definition) is 0. The average molecular weight is 265 g/mol. The maximum absolute atomic E-state index is 11.9. The second-order valence-electron chi connectivity index (χ2n) is 4.01. The molecule has 0 radical (unpaired) electrons. The van der Waals surface area contributed by atoms with Gasteiger partial charge in [0.1, 0.15) is 18.1 Å². The van der Waals surface area contributed by atoms with Crippen molar-refractivity contribution < 1.29 is 23.8 Å². The molecule has 2 rings (SSSR count). The Morgan fingerprint density at radius 2 is 2.26 bits per heavy atom. The first-order valence-electron chi connectivity index (χ1n) is 5.86. The minimum atomic E-state index is -0.369. The fraction of sp³-hybridized carbons (Fsp3) is 0.385. The monoisotopic (exact) mass is 265 g/mol. The van der Waals surface area contributed by atoms with Gasteiger partial charge in [-0.1, -0.05) is 0 Å². The van der Waals surface area contributed by atoms with Crippen molar-refractivity contribution in [2.24, 2.45) is 0 Å². The molecule has 0 unspecified atom stereocenters. The van der Waals surface area contributed by atoms with E-state index in [1.807, 2.05) is 0 Å². The van der Waals surface area contributed by atoms with Crippen molar-refractivity contribution in [1.82, 2.24) is 0 Å². The molecule has 0 atom stereocenters. The van der Waals surface area contributed by atoms with Gasteiger partial charge >= 0.3 is 5.97 Å². The zero-order chi connectivity index (χ0) is 13.8. The highest BCUT2D eigenvalue weighted by molar-refractivity contribution is 5.98. The molecule has 1 aromatic rings. The van der Waals surface area contributed by atoms with Gasteiger partial charge in [0.25, 0.3) is 5.91 Å². The smallest absolute Gasteiger partial charge is 0.302 e. The number of carbonyl (C=O) groups excluding carboxylic acids is 2. The molecule has 0 fully saturated rings. The van der Waals surface area contributed by atoms with Crippen molar-refractivity contribution in [2.45, 2.75) is 6.92 Å². The number of carbonyl (C=O) groups is 2. The highest BCUT2D eigenvalue weighted by Crippen LogP contribution is 2.35.